The van der Waals surface area contributed by atoms with Gasteiger partial charge in [-0.1, -0.05) is 13.8 Å². The van der Waals surface area contributed by atoms with Crippen LogP contribution in [-0.2, 0) is 20.9 Å². The lowest BCUT2D eigenvalue weighted by Gasteiger charge is -2.36. The number of hydrogen-bond acceptors (Lipinski definition) is 10. The number of amides is 2. The van der Waals surface area contributed by atoms with Gasteiger partial charge in [-0.05, 0) is 67.1 Å². The zero-order valence-electron chi connectivity index (χ0n) is 28.5. The second-order valence-electron chi connectivity index (χ2n) is 13.2. The number of aliphatic carboxylic acids is 1. The van der Waals surface area contributed by atoms with Crippen molar-refractivity contribution in [1.29, 1.82) is 0 Å². The minimum atomic E-state index is -1.32. The first kappa shape index (κ1) is 34.0. The average Bonchev–Trinajstić information content (AvgIpc) is 3.11. The quantitative estimate of drug-likeness (QED) is 0.0727. The largest absolute Gasteiger partial charge is 0.507 e. The van der Waals surface area contributed by atoms with Crippen molar-refractivity contribution in [2.24, 2.45) is 0 Å². The van der Waals surface area contributed by atoms with Gasteiger partial charge in [-0.25, -0.2) is 4.79 Å². The third kappa shape index (κ3) is 4.85. The Hall–Kier alpha value is -6.44. The Balaban J connectivity index is 1.52. The van der Waals surface area contributed by atoms with Crippen LogP contribution in [0.5, 0.6) is 34.5 Å². The molecule has 52 heavy (non-hydrogen) atoms. The molecule has 0 aliphatic carbocycles. The first-order valence-corrected chi connectivity index (χ1v) is 16.6. The van der Waals surface area contributed by atoms with Crippen LogP contribution in [0.2, 0.25) is 0 Å². The van der Waals surface area contributed by atoms with Gasteiger partial charge in [0.15, 0.2) is 0 Å². The first-order valence-electron chi connectivity index (χ1n) is 16.6. The number of fused-ring (bicyclic) bond motifs is 6. The summed E-state index contributed by atoms with van der Waals surface area (Å²) in [5.41, 5.74) is -0.219. The van der Waals surface area contributed by atoms with E-state index in [2.05, 4.69) is 5.32 Å². The third-order valence-corrected chi connectivity index (χ3v) is 10.4. The Morgan fingerprint density at radius 3 is 2.15 bits per heavy atom. The molecule has 5 aromatic carbocycles. The number of carbonyl (C=O) groups excluding carboxylic acids is 2. The highest BCUT2D eigenvalue weighted by Gasteiger charge is 2.38. The van der Waals surface area contributed by atoms with Crippen molar-refractivity contribution >= 4 is 71.6 Å². The van der Waals surface area contributed by atoms with Crippen LogP contribution in [0.25, 0.3) is 53.9 Å². The Labute approximate surface area is 294 Å². The molecule has 0 bridgehead atoms. The molecule has 14 nitrogen and oxygen atoms in total. The molecule has 0 spiro atoms. The van der Waals surface area contributed by atoms with Crippen molar-refractivity contribution in [3.63, 3.8) is 0 Å². The number of carboxylic acid groups (broad SMARTS) is 1. The molecule has 7 N–H and O–H groups in total. The van der Waals surface area contributed by atoms with E-state index in [1.54, 1.807) is 18.2 Å². The van der Waals surface area contributed by atoms with Gasteiger partial charge in [0.25, 0.3) is 5.56 Å². The number of phenolic OH excluding ortho intramolecular Hbond substituents is 5. The van der Waals surface area contributed by atoms with Crippen molar-refractivity contribution in [2.75, 3.05) is 13.7 Å². The van der Waals surface area contributed by atoms with Gasteiger partial charge in [0.05, 0.1) is 29.8 Å². The highest BCUT2D eigenvalue weighted by atomic mass is 16.5. The van der Waals surface area contributed by atoms with E-state index in [0.717, 1.165) is 4.90 Å². The normalized spacial score (nSPS) is 16.9. The van der Waals surface area contributed by atoms with Gasteiger partial charge in [-0.15, -0.1) is 0 Å². The maximum absolute atomic E-state index is 14.5. The molecular weight excluding hydrogens is 674 g/mol. The van der Waals surface area contributed by atoms with Gasteiger partial charge in [-0.2, -0.15) is 0 Å². The minimum Gasteiger partial charge on any atom is -0.507 e. The average molecular weight is 710 g/mol. The molecule has 1 fully saturated rings. The van der Waals surface area contributed by atoms with Crippen molar-refractivity contribution in [1.82, 2.24) is 14.8 Å². The number of pyridine rings is 1. The van der Waals surface area contributed by atoms with Gasteiger partial charge < -0.3 is 50.2 Å². The number of carboxylic acids is 1. The van der Waals surface area contributed by atoms with Crippen LogP contribution >= 0.6 is 0 Å². The highest BCUT2D eigenvalue weighted by molar-refractivity contribution is 6.26. The Morgan fingerprint density at radius 2 is 1.48 bits per heavy atom. The van der Waals surface area contributed by atoms with Gasteiger partial charge in [0.1, 0.15) is 53.1 Å². The molecule has 1 aliphatic rings. The molecule has 3 atom stereocenters. The Kier molecular flexibility index (Phi) is 7.92. The number of rotatable bonds is 6. The van der Waals surface area contributed by atoms with E-state index in [-0.39, 0.29) is 83.9 Å². The SMILES string of the molecule is CCC(C)c1cc2c(O)c3ccc4c(OC)c5cc6c(O)ccc(O)c6c(O)c5c(O)c4c3cc2c(=O)n1CC(=O)N1CC(C(=O)O)NC(=O)C1C. The van der Waals surface area contributed by atoms with Crippen molar-refractivity contribution in [2.45, 2.75) is 51.7 Å². The zero-order chi connectivity index (χ0) is 37.5. The van der Waals surface area contributed by atoms with Crippen LogP contribution in [0.4, 0.5) is 0 Å². The molecule has 1 aliphatic heterocycles. The van der Waals surface area contributed by atoms with Crippen LogP contribution in [0.3, 0.4) is 0 Å². The highest BCUT2D eigenvalue weighted by Crippen LogP contribution is 2.53. The number of piperazine rings is 1. The summed E-state index contributed by atoms with van der Waals surface area (Å²) in [7, 11) is 1.38. The predicted molar refractivity (Wildman–Crippen MR) is 193 cm³/mol. The van der Waals surface area contributed by atoms with E-state index in [1.165, 1.54) is 42.9 Å². The summed E-state index contributed by atoms with van der Waals surface area (Å²) in [4.78, 5) is 53.6. The number of hydrogen-bond donors (Lipinski definition) is 7. The molecule has 6 aromatic rings. The lowest BCUT2D eigenvalue weighted by atomic mass is 9.91. The van der Waals surface area contributed by atoms with Gasteiger partial charge in [-0.3, -0.25) is 14.4 Å². The molecule has 0 radical (unpaired) electrons. The van der Waals surface area contributed by atoms with Crippen LogP contribution in [-0.4, -0.2) is 83.6 Å². The van der Waals surface area contributed by atoms with Crippen LogP contribution in [0.1, 0.15) is 38.8 Å². The van der Waals surface area contributed by atoms with E-state index in [0.29, 0.717) is 17.5 Å². The fourth-order valence-corrected chi connectivity index (χ4v) is 7.39. The summed E-state index contributed by atoms with van der Waals surface area (Å²) < 4.78 is 7.03. The molecule has 7 rings (SSSR count). The standard InChI is InChI=1S/C38H35N3O11/c1-5-15(2)25-12-20-21(37(49)41(25)14-28(44)40-13-24(38(50)51)39-36(48)16(40)3)10-19-17(32(20)45)6-7-18-29(19)33(46)31-23(35(18)52-4)11-22-26(42)8-9-27(43)30(22)34(31)47/h6-12,15-16,24,42-43,45-47H,5,13-14H2,1-4H3,(H,39,48)(H,50,51). The molecule has 1 aromatic heterocycles. The zero-order valence-corrected chi connectivity index (χ0v) is 28.5. The fraction of sp³-hybridized carbons (Fsp3) is 0.263. The van der Waals surface area contributed by atoms with Gasteiger partial charge in [0.2, 0.25) is 11.8 Å². The molecule has 2 heterocycles. The number of aromatic hydroxyl groups is 5. The number of nitrogens with one attached hydrogen (secondary N) is 1. The monoisotopic (exact) mass is 709 g/mol. The molecule has 1 saturated heterocycles. The van der Waals surface area contributed by atoms with E-state index in [9.17, 15) is 49.8 Å². The first-order chi connectivity index (χ1) is 24.7. The van der Waals surface area contributed by atoms with Crippen LogP contribution in [0, 0.1) is 0 Å². The molecule has 3 unspecified atom stereocenters. The van der Waals surface area contributed by atoms with E-state index in [4.69, 9.17) is 4.74 Å². The smallest absolute Gasteiger partial charge is 0.328 e. The summed E-state index contributed by atoms with van der Waals surface area (Å²) in [6.07, 6.45) is 0.563. The second-order valence-corrected chi connectivity index (χ2v) is 13.2. The fourth-order valence-electron chi connectivity index (χ4n) is 7.39. The second kappa shape index (κ2) is 12.1. The van der Waals surface area contributed by atoms with Gasteiger partial charge >= 0.3 is 5.97 Å². The summed E-state index contributed by atoms with van der Waals surface area (Å²) in [5.74, 6) is -4.51. The molecule has 268 valence electrons. The van der Waals surface area contributed by atoms with E-state index in [1.807, 2.05) is 13.8 Å². The lowest BCUT2D eigenvalue weighted by molar-refractivity contribution is -0.151. The van der Waals surface area contributed by atoms with Crippen LogP contribution < -0.4 is 15.6 Å². The van der Waals surface area contributed by atoms with E-state index >= 15 is 0 Å². The topological polar surface area (TPSA) is 219 Å². The molecular formula is C38H35N3O11. The maximum atomic E-state index is 14.5. The maximum Gasteiger partial charge on any atom is 0.328 e. The Bertz CT molecular complexity index is 2630. The van der Waals surface area contributed by atoms with Crippen molar-refractivity contribution in [3.05, 3.63) is 58.5 Å². The van der Waals surface area contributed by atoms with Crippen molar-refractivity contribution < 1.29 is 49.8 Å². The number of methoxy groups -OCH3 is 1. The summed E-state index contributed by atoms with van der Waals surface area (Å²) in [5, 5.41) is 69.3. The molecule has 14 heteroatoms. The minimum absolute atomic E-state index is 0.00559. The van der Waals surface area contributed by atoms with Crippen molar-refractivity contribution in [3.8, 4) is 34.5 Å². The lowest BCUT2D eigenvalue weighted by Crippen LogP contribution is -2.63. The van der Waals surface area contributed by atoms with Gasteiger partial charge in [0, 0.05) is 38.0 Å². The molecule has 2 amide bonds. The number of phenols is 5. The summed E-state index contributed by atoms with van der Waals surface area (Å²) in [6, 6.07) is 7.94. The Morgan fingerprint density at radius 1 is 0.827 bits per heavy atom. The van der Waals surface area contributed by atoms with Crippen LogP contribution in [0.15, 0.2) is 47.3 Å². The summed E-state index contributed by atoms with van der Waals surface area (Å²) in [6.45, 7) is 4.40. The summed E-state index contributed by atoms with van der Waals surface area (Å²) >= 11 is 0. The number of benzene rings is 5. The van der Waals surface area contributed by atoms with E-state index < -0.39 is 53.5 Å². The number of aromatic nitrogens is 1. The number of ether oxygens (including phenoxy) is 1. The predicted octanol–water partition coefficient (Wildman–Crippen LogP) is 4.46. The number of carbonyl (C=O) groups is 3. The third-order valence-electron chi connectivity index (χ3n) is 10.4. The molecule has 0 saturated carbocycles. The number of nitrogens with zero attached hydrogens (tertiary/aromatic N) is 2.